The normalized spacial score (nSPS) is 14.0. The minimum atomic E-state index is -0.808. The van der Waals surface area contributed by atoms with Crippen molar-refractivity contribution in [2.45, 2.75) is 32.8 Å². The van der Waals surface area contributed by atoms with Gasteiger partial charge in [-0.1, -0.05) is 13.8 Å². The number of hydrogen-bond acceptors (Lipinski definition) is 5. The number of anilines is 1. The van der Waals surface area contributed by atoms with Crippen molar-refractivity contribution in [2.75, 3.05) is 19.0 Å². The van der Waals surface area contributed by atoms with Gasteiger partial charge in [-0.15, -0.1) is 0 Å². The third kappa shape index (κ3) is 5.26. The van der Waals surface area contributed by atoms with E-state index in [0.717, 1.165) is 0 Å². The van der Waals surface area contributed by atoms with Crippen molar-refractivity contribution in [1.29, 1.82) is 0 Å². The van der Waals surface area contributed by atoms with Gasteiger partial charge in [-0.2, -0.15) is 0 Å². The summed E-state index contributed by atoms with van der Waals surface area (Å²) in [5.74, 6) is 0.553. The number of nitrogens with one attached hydrogen (secondary N) is 1. The number of ether oxygens (including phenoxy) is 1. The predicted molar refractivity (Wildman–Crippen MR) is 74.1 cm³/mol. The van der Waals surface area contributed by atoms with Gasteiger partial charge in [0.2, 0.25) is 0 Å². The molecule has 0 radical (unpaired) electrons. The molecule has 1 aromatic rings. The lowest BCUT2D eigenvalue weighted by Gasteiger charge is -2.25. The van der Waals surface area contributed by atoms with Gasteiger partial charge < -0.3 is 15.2 Å². The van der Waals surface area contributed by atoms with E-state index in [-0.39, 0.29) is 0 Å². The molecule has 1 rings (SSSR count). The molecule has 0 aromatic carbocycles. The van der Waals surface area contributed by atoms with Crippen LogP contribution in [-0.4, -0.2) is 35.3 Å². The molecule has 1 atom stereocenters. The molecule has 1 aromatic heterocycles. The van der Waals surface area contributed by atoms with Gasteiger partial charge in [-0.25, -0.2) is 9.78 Å². The summed E-state index contributed by atoms with van der Waals surface area (Å²) in [6.07, 6.45) is 2.22. The molecule has 0 aliphatic heterocycles. The molecular weight excluding hydrogens is 244 g/mol. The van der Waals surface area contributed by atoms with Crippen LogP contribution in [0.25, 0.3) is 0 Å². The van der Waals surface area contributed by atoms with E-state index in [0.29, 0.717) is 30.3 Å². The number of esters is 1. The molecule has 0 fully saturated rings. The smallest absolute Gasteiger partial charge is 0.338 e. The number of nitrogens with zero attached hydrogens (tertiary/aromatic N) is 1. The van der Waals surface area contributed by atoms with Crippen LogP contribution in [0.3, 0.4) is 0 Å². The van der Waals surface area contributed by atoms with Crippen molar-refractivity contribution in [3.8, 4) is 0 Å². The van der Waals surface area contributed by atoms with Gasteiger partial charge in [-0.3, -0.25) is 0 Å². The molecule has 2 N–H and O–H groups in total. The van der Waals surface area contributed by atoms with Crippen LogP contribution < -0.4 is 5.32 Å². The molecule has 0 bridgehead atoms. The van der Waals surface area contributed by atoms with Crippen molar-refractivity contribution in [2.24, 2.45) is 5.92 Å². The highest BCUT2D eigenvalue weighted by molar-refractivity contribution is 5.89. The Kier molecular flexibility index (Phi) is 5.30. The van der Waals surface area contributed by atoms with Gasteiger partial charge >= 0.3 is 5.97 Å². The lowest BCUT2D eigenvalue weighted by atomic mass is 9.94. The third-order valence-electron chi connectivity index (χ3n) is 2.68. The van der Waals surface area contributed by atoms with Crippen LogP contribution in [0.2, 0.25) is 0 Å². The van der Waals surface area contributed by atoms with E-state index in [1.807, 2.05) is 0 Å². The second-order valence-electron chi connectivity index (χ2n) is 5.37. The Labute approximate surface area is 114 Å². The van der Waals surface area contributed by atoms with Crippen LogP contribution in [0.4, 0.5) is 5.82 Å². The number of carbonyl (C=O) groups is 1. The van der Waals surface area contributed by atoms with E-state index >= 15 is 0 Å². The Morgan fingerprint density at radius 1 is 1.58 bits per heavy atom. The third-order valence-corrected chi connectivity index (χ3v) is 2.68. The number of pyridine rings is 1. The number of carbonyl (C=O) groups excluding carboxylic acids is 1. The van der Waals surface area contributed by atoms with Crippen molar-refractivity contribution in [3.63, 3.8) is 0 Å². The summed E-state index contributed by atoms with van der Waals surface area (Å²) in [7, 11) is 1.34. The first-order valence-electron chi connectivity index (χ1n) is 6.34. The summed E-state index contributed by atoms with van der Waals surface area (Å²) in [4.78, 5) is 15.5. The molecule has 0 amide bonds. The van der Waals surface area contributed by atoms with E-state index in [1.54, 1.807) is 19.1 Å². The van der Waals surface area contributed by atoms with E-state index in [4.69, 9.17) is 0 Å². The van der Waals surface area contributed by atoms with Gasteiger partial charge in [0.25, 0.3) is 0 Å². The average molecular weight is 266 g/mol. The standard InChI is InChI=1S/C14H22N2O3/c1-10(2)8-14(3,18)9-16-12-7-11(5-6-15-12)13(17)19-4/h5-7,10,18H,8-9H2,1-4H3,(H,15,16). The van der Waals surface area contributed by atoms with Crippen LogP contribution in [0.5, 0.6) is 0 Å². The molecule has 0 spiro atoms. The zero-order chi connectivity index (χ0) is 14.5. The Balaban J connectivity index is 2.65. The van der Waals surface area contributed by atoms with Gasteiger partial charge in [0.1, 0.15) is 5.82 Å². The number of methoxy groups -OCH3 is 1. The summed E-state index contributed by atoms with van der Waals surface area (Å²) in [6.45, 7) is 6.28. The second kappa shape index (κ2) is 6.52. The van der Waals surface area contributed by atoms with Crippen molar-refractivity contribution >= 4 is 11.8 Å². The largest absolute Gasteiger partial charge is 0.465 e. The highest BCUT2D eigenvalue weighted by Gasteiger charge is 2.21. The molecule has 5 heteroatoms. The molecule has 0 saturated carbocycles. The molecule has 1 unspecified atom stereocenters. The Hall–Kier alpha value is -1.62. The fourth-order valence-corrected chi connectivity index (χ4v) is 2.00. The first-order chi connectivity index (χ1) is 8.84. The summed E-state index contributed by atoms with van der Waals surface area (Å²) < 4.78 is 4.65. The van der Waals surface area contributed by atoms with Crippen LogP contribution in [0.15, 0.2) is 18.3 Å². The quantitative estimate of drug-likeness (QED) is 0.771. The van der Waals surface area contributed by atoms with Crippen molar-refractivity contribution in [1.82, 2.24) is 4.98 Å². The van der Waals surface area contributed by atoms with Gasteiger partial charge in [0.05, 0.1) is 18.3 Å². The first-order valence-corrected chi connectivity index (χ1v) is 6.34. The van der Waals surface area contributed by atoms with E-state index in [9.17, 15) is 9.90 Å². The van der Waals surface area contributed by atoms with Gasteiger partial charge in [0, 0.05) is 12.7 Å². The van der Waals surface area contributed by atoms with Crippen LogP contribution >= 0.6 is 0 Å². The molecule has 0 aliphatic rings. The van der Waals surface area contributed by atoms with Gasteiger partial charge in [-0.05, 0) is 31.4 Å². The molecule has 106 valence electrons. The van der Waals surface area contributed by atoms with Crippen molar-refractivity contribution in [3.05, 3.63) is 23.9 Å². The zero-order valence-electron chi connectivity index (χ0n) is 11.9. The summed E-state index contributed by atoms with van der Waals surface area (Å²) in [6, 6.07) is 3.20. The maximum Gasteiger partial charge on any atom is 0.338 e. The average Bonchev–Trinajstić information content (AvgIpc) is 2.34. The SMILES string of the molecule is COC(=O)c1ccnc(NCC(C)(O)CC(C)C)c1. The number of aromatic nitrogens is 1. The van der Waals surface area contributed by atoms with E-state index in [2.05, 4.69) is 28.9 Å². The minimum absolute atomic E-state index is 0.378. The van der Waals surface area contributed by atoms with Crippen molar-refractivity contribution < 1.29 is 14.6 Å². The second-order valence-corrected chi connectivity index (χ2v) is 5.37. The predicted octanol–water partition coefficient (Wildman–Crippen LogP) is 2.08. The summed E-state index contributed by atoms with van der Waals surface area (Å²) >= 11 is 0. The number of rotatable bonds is 6. The molecule has 0 aliphatic carbocycles. The lowest BCUT2D eigenvalue weighted by molar-refractivity contribution is 0.0514. The molecular formula is C14H22N2O3. The fraction of sp³-hybridized carbons (Fsp3) is 0.571. The van der Waals surface area contributed by atoms with Crippen LogP contribution in [-0.2, 0) is 4.74 Å². The Bertz CT molecular complexity index is 430. The Morgan fingerprint density at radius 2 is 2.26 bits per heavy atom. The summed E-state index contributed by atoms with van der Waals surface area (Å²) in [5, 5.41) is 13.2. The molecule has 5 nitrogen and oxygen atoms in total. The van der Waals surface area contributed by atoms with E-state index in [1.165, 1.54) is 13.3 Å². The molecule has 0 saturated heterocycles. The maximum absolute atomic E-state index is 11.4. The molecule has 19 heavy (non-hydrogen) atoms. The van der Waals surface area contributed by atoms with Crippen LogP contribution in [0.1, 0.15) is 37.6 Å². The molecule has 1 heterocycles. The zero-order valence-corrected chi connectivity index (χ0v) is 11.9. The highest BCUT2D eigenvalue weighted by Crippen LogP contribution is 2.17. The van der Waals surface area contributed by atoms with E-state index < -0.39 is 11.6 Å². The number of hydrogen-bond donors (Lipinski definition) is 2. The summed E-state index contributed by atoms with van der Waals surface area (Å²) in [5.41, 5.74) is -0.375. The maximum atomic E-state index is 11.4. The highest BCUT2D eigenvalue weighted by atomic mass is 16.5. The van der Waals surface area contributed by atoms with Crippen LogP contribution in [0, 0.1) is 5.92 Å². The lowest BCUT2D eigenvalue weighted by Crippen LogP contribution is -2.35. The Morgan fingerprint density at radius 3 is 2.84 bits per heavy atom. The fourth-order valence-electron chi connectivity index (χ4n) is 2.00. The first kappa shape index (κ1) is 15.4. The minimum Gasteiger partial charge on any atom is -0.465 e. The number of aliphatic hydroxyl groups is 1. The van der Waals surface area contributed by atoms with Gasteiger partial charge in [0.15, 0.2) is 0 Å². The monoisotopic (exact) mass is 266 g/mol. The topological polar surface area (TPSA) is 71.5 Å².